The van der Waals surface area contributed by atoms with Crippen LogP contribution in [0.1, 0.15) is 48.7 Å². The van der Waals surface area contributed by atoms with Crippen molar-refractivity contribution in [1.29, 1.82) is 0 Å². The minimum absolute atomic E-state index is 0.300. The number of aryl methyl sites for hydroxylation is 1. The second-order valence-electron chi connectivity index (χ2n) is 7.66. The minimum Gasteiger partial charge on any atom is -0.302 e. The van der Waals surface area contributed by atoms with E-state index in [1.165, 1.54) is 10.4 Å². The Labute approximate surface area is 168 Å². The van der Waals surface area contributed by atoms with Crippen LogP contribution in [-0.2, 0) is 0 Å². The molecule has 0 saturated heterocycles. The monoisotopic (exact) mass is 395 g/mol. The van der Waals surface area contributed by atoms with E-state index in [0.29, 0.717) is 12.0 Å². The molecule has 4 aromatic rings. The van der Waals surface area contributed by atoms with Crippen molar-refractivity contribution in [1.82, 2.24) is 34.7 Å². The Kier molecular flexibility index (Phi) is 4.76. The van der Waals surface area contributed by atoms with E-state index >= 15 is 0 Å². The van der Waals surface area contributed by atoms with E-state index in [0.717, 1.165) is 33.2 Å². The van der Waals surface area contributed by atoms with Crippen LogP contribution in [0.3, 0.4) is 0 Å². The smallest absolute Gasteiger partial charge is 0.158 e. The normalized spacial score (nSPS) is 13.1. The molecule has 0 amide bonds. The molecule has 28 heavy (non-hydrogen) atoms. The summed E-state index contributed by atoms with van der Waals surface area (Å²) in [4.78, 5) is 12.4. The molecule has 0 spiro atoms. The zero-order valence-corrected chi connectivity index (χ0v) is 17.9. The number of aromatic amines is 1. The number of nitrogens with zero attached hydrogens (tertiary/aromatic N) is 6. The molecule has 4 rings (SSSR count). The second-order valence-corrected chi connectivity index (χ2v) is 8.73. The van der Waals surface area contributed by atoms with E-state index < -0.39 is 0 Å². The van der Waals surface area contributed by atoms with Gasteiger partial charge < -0.3 is 4.90 Å². The van der Waals surface area contributed by atoms with Gasteiger partial charge in [-0.3, -0.25) is 5.10 Å². The lowest BCUT2D eigenvalue weighted by Crippen LogP contribution is -2.15. The van der Waals surface area contributed by atoms with E-state index in [1.807, 2.05) is 23.8 Å². The predicted octanol–water partition coefficient (Wildman–Crippen LogP) is 4.30. The Balaban J connectivity index is 1.82. The minimum atomic E-state index is 0.300. The van der Waals surface area contributed by atoms with Gasteiger partial charge in [-0.05, 0) is 45.5 Å². The highest BCUT2D eigenvalue weighted by atomic mass is 32.1. The number of hydrogen-bond donors (Lipinski definition) is 1. The molecule has 146 valence electrons. The first-order valence-electron chi connectivity index (χ1n) is 9.38. The van der Waals surface area contributed by atoms with E-state index in [2.05, 4.69) is 66.1 Å². The predicted molar refractivity (Wildman–Crippen MR) is 113 cm³/mol. The second kappa shape index (κ2) is 7.10. The summed E-state index contributed by atoms with van der Waals surface area (Å²) in [6, 6.07) is 2.45. The lowest BCUT2D eigenvalue weighted by atomic mass is 9.97. The van der Waals surface area contributed by atoms with Crippen LogP contribution in [0.5, 0.6) is 0 Å². The molecule has 0 saturated carbocycles. The highest BCUT2D eigenvalue weighted by Gasteiger charge is 2.23. The summed E-state index contributed by atoms with van der Waals surface area (Å²) in [6.07, 6.45) is 5.54. The average Bonchev–Trinajstić information content (AvgIpc) is 3.38. The fourth-order valence-electron chi connectivity index (χ4n) is 3.37. The van der Waals surface area contributed by atoms with Gasteiger partial charge in [-0.2, -0.15) is 10.2 Å². The van der Waals surface area contributed by atoms with Crippen molar-refractivity contribution in [3.8, 4) is 22.0 Å². The number of thiazole rings is 1. The van der Waals surface area contributed by atoms with Gasteiger partial charge in [0.2, 0.25) is 0 Å². The number of hydrogen-bond acceptors (Lipinski definition) is 6. The molecule has 7 nitrogen and oxygen atoms in total. The van der Waals surface area contributed by atoms with Gasteiger partial charge >= 0.3 is 0 Å². The third-order valence-electron chi connectivity index (χ3n) is 5.14. The fraction of sp³-hybridized carbons (Fsp3) is 0.400. The van der Waals surface area contributed by atoms with Gasteiger partial charge in [0.25, 0.3) is 0 Å². The van der Waals surface area contributed by atoms with Crippen LogP contribution in [0, 0.1) is 6.92 Å². The Morgan fingerprint density at radius 3 is 2.68 bits per heavy atom. The molecule has 1 atom stereocenters. The number of aromatic nitrogens is 6. The van der Waals surface area contributed by atoms with Crippen molar-refractivity contribution in [3.05, 3.63) is 40.8 Å². The molecule has 8 heteroatoms. The summed E-state index contributed by atoms with van der Waals surface area (Å²) >= 11 is 1.72. The van der Waals surface area contributed by atoms with Gasteiger partial charge in [-0.25, -0.2) is 14.5 Å². The lowest BCUT2D eigenvalue weighted by Gasteiger charge is -2.17. The van der Waals surface area contributed by atoms with Crippen molar-refractivity contribution in [2.45, 2.75) is 39.7 Å². The Morgan fingerprint density at radius 2 is 1.96 bits per heavy atom. The van der Waals surface area contributed by atoms with Gasteiger partial charge in [0.15, 0.2) is 5.65 Å². The van der Waals surface area contributed by atoms with Gasteiger partial charge in [0.1, 0.15) is 11.3 Å². The van der Waals surface area contributed by atoms with Crippen molar-refractivity contribution < 1.29 is 0 Å². The number of pyridine rings is 1. The number of H-pyrrole nitrogens is 1. The van der Waals surface area contributed by atoms with Gasteiger partial charge in [0, 0.05) is 34.4 Å². The molecule has 4 aromatic heterocycles. The Morgan fingerprint density at radius 1 is 1.18 bits per heavy atom. The maximum atomic E-state index is 4.69. The standard InChI is InChI=1S/C20H25N7S/c1-11(2)16-17(14-7-12(3)19-22-10-23-27(19)9-14)24-25-18(16)20-21-8-15(28-20)13(4)26(5)6/h7-11,13H,1-6H3,(H,24,25). The summed E-state index contributed by atoms with van der Waals surface area (Å²) in [5, 5.41) is 13.2. The first kappa shape index (κ1) is 18.8. The van der Waals surface area contributed by atoms with Crippen LogP contribution < -0.4 is 0 Å². The first-order chi connectivity index (χ1) is 13.4. The molecule has 4 heterocycles. The van der Waals surface area contributed by atoms with Crippen LogP contribution in [0.2, 0.25) is 0 Å². The van der Waals surface area contributed by atoms with E-state index in [9.17, 15) is 0 Å². The Hall–Kier alpha value is -2.58. The molecular formula is C20H25N7S. The fourth-order valence-corrected chi connectivity index (χ4v) is 4.44. The summed E-state index contributed by atoms with van der Waals surface area (Å²) in [5.74, 6) is 0.300. The number of fused-ring (bicyclic) bond motifs is 1. The van der Waals surface area contributed by atoms with Crippen LogP contribution >= 0.6 is 11.3 Å². The van der Waals surface area contributed by atoms with Gasteiger partial charge in [-0.1, -0.05) is 13.8 Å². The zero-order chi connectivity index (χ0) is 20.0. The third-order valence-corrected chi connectivity index (χ3v) is 6.32. The highest BCUT2D eigenvalue weighted by Crippen LogP contribution is 2.38. The first-order valence-corrected chi connectivity index (χ1v) is 10.2. The van der Waals surface area contributed by atoms with Crippen molar-refractivity contribution >= 4 is 17.0 Å². The molecule has 0 aliphatic heterocycles. The van der Waals surface area contributed by atoms with Crippen LogP contribution in [0.15, 0.2) is 24.8 Å². The summed E-state index contributed by atoms with van der Waals surface area (Å²) in [5.41, 5.74) is 6.10. The maximum Gasteiger partial charge on any atom is 0.158 e. The van der Waals surface area contributed by atoms with Gasteiger partial charge in [-0.15, -0.1) is 11.3 Å². The quantitative estimate of drug-likeness (QED) is 0.545. The topological polar surface area (TPSA) is 75.0 Å². The summed E-state index contributed by atoms with van der Waals surface area (Å²) in [6.45, 7) is 8.62. The molecule has 1 N–H and O–H groups in total. The van der Waals surface area contributed by atoms with E-state index in [1.54, 1.807) is 17.7 Å². The lowest BCUT2D eigenvalue weighted by molar-refractivity contribution is 0.325. The number of nitrogens with one attached hydrogen (secondary N) is 1. The van der Waals surface area contributed by atoms with Crippen molar-refractivity contribution in [3.63, 3.8) is 0 Å². The van der Waals surface area contributed by atoms with Crippen LogP contribution in [0.25, 0.3) is 27.6 Å². The molecule has 0 bridgehead atoms. The Bertz CT molecular complexity index is 1120. The molecular weight excluding hydrogens is 370 g/mol. The largest absolute Gasteiger partial charge is 0.302 e. The van der Waals surface area contributed by atoms with Crippen molar-refractivity contribution in [2.75, 3.05) is 14.1 Å². The summed E-state index contributed by atoms with van der Waals surface area (Å²) in [7, 11) is 4.17. The van der Waals surface area contributed by atoms with Crippen LogP contribution in [-0.4, -0.2) is 48.8 Å². The van der Waals surface area contributed by atoms with Crippen molar-refractivity contribution in [2.24, 2.45) is 0 Å². The SMILES string of the molecule is Cc1cc(-c2n[nH]c(-c3ncc(C(C)N(C)C)s3)c2C(C)C)cn2ncnc12. The average molecular weight is 396 g/mol. The molecule has 1 unspecified atom stereocenters. The van der Waals surface area contributed by atoms with E-state index in [4.69, 9.17) is 4.98 Å². The highest BCUT2D eigenvalue weighted by molar-refractivity contribution is 7.15. The molecule has 0 aliphatic rings. The molecule has 0 radical (unpaired) electrons. The zero-order valence-electron chi connectivity index (χ0n) is 17.1. The summed E-state index contributed by atoms with van der Waals surface area (Å²) < 4.78 is 1.81. The van der Waals surface area contributed by atoms with Gasteiger partial charge in [0.05, 0.1) is 11.4 Å². The molecule has 0 aromatic carbocycles. The number of rotatable bonds is 5. The van der Waals surface area contributed by atoms with Crippen LogP contribution in [0.4, 0.5) is 0 Å². The molecule has 0 fully saturated rings. The maximum absolute atomic E-state index is 4.69. The third kappa shape index (κ3) is 3.12. The molecule has 0 aliphatic carbocycles. The van der Waals surface area contributed by atoms with E-state index in [-0.39, 0.29) is 0 Å².